The second-order valence-electron chi connectivity index (χ2n) is 7.79. The Balaban J connectivity index is 1.46. The highest BCUT2D eigenvalue weighted by Crippen LogP contribution is 2.21. The number of likely N-dealkylation sites (tertiary alicyclic amines) is 1. The van der Waals surface area contributed by atoms with E-state index in [4.69, 9.17) is 4.42 Å². The largest absolute Gasteiger partial charge is 0.425 e. The molecule has 1 fully saturated rings. The minimum absolute atomic E-state index is 0.200. The van der Waals surface area contributed by atoms with Crippen molar-refractivity contribution in [2.75, 3.05) is 13.1 Å². The first-order valence-corrected chi connectivity index (χ1v) is 9.50. The molecule has 0 aliphatic carbocycles. The average molecular weight is 359 g/mol. The molecule has 7 nitrogen and oxygen atoms in total. The predicted octanol–water partition coefficient (Wildman–Crippen LogP) is 2.56. The van der Waals surface area contributed by atoms with E-state index in [1.54, 1.807) is 0 Å². The van der Waals surface area contributed by atoms with Crippen LogP contribution in [0.1, 0.15) is 49.9 Å². The molecule has 7 heteroatoms. The van der Waals surface area contributed by atoms with Gasteiger partial charge in [0.05, 0.1) is 5.69 Å². The molecule has 3 rings (SSSR count). The molecule has 2 aromatic rings. The number of amides is 1. The molecular formula is C19H29N5O2. The van der Waals surface area contributed by atoms with Crippen molar-refractivity contribution in [3.63, 3.8) is 0 Å². The lowest BCUT2D eigenvalue weighted by molar-refractivity contribution is -0.130. The number of aryl methyl sites for hydroxylation is 3. The normalized spacial score (nSPS) is 17.4. The van der Waals surface area contributed by atoms with Gasteiger partial charge in [-0.05, 0) is 38.2 Å². The summed E-state index contributed by atoms with van der Waals surface area (Å²) in [6.07, 6.45) is 3.06. The van der Waals surface area contributed by atoms with E-state index in [1.807, 2.05) is 29.5 Å². The molecule has 0 bridgehead atoms. The van der Waals surface area contributed by atoms with Crippen molar-refractivity contribution < 1.29 is 9.21 Å². The summed E-state index contributed by atoms with van der Waals surface area (Å²) in [4.78, 5) is 14.5. The Labute approximate surface area is 154 Å². The smallest absolute Gasteiger partial charge is 0.224 e. The van der Waals surface area contributed by atoms with Crippen molar-refractivity contribution in [3.05, 3.63) is 29.2 Å². The second kappa shape index (κ2) is 8.01. The van der Waals surface area contributed by atoms with E-state index < -0.39 is 0 Å². The minimum Gasteiger partial charge on any atom is -0.425 e. The second-order valence-corrected chi connectivity index (χ2v) is 7.79. The van der Waals surface area contributed by atoms with Gasteiger partial charge in [0.2, 0.25) is 17.7 Å². The third-order valence-corrected chi connectivity index (χ3v) is 4.83. The fraction of sp³-hybridized carbons (Fsp3) is 0.684. The first kappa shape index (κ1) is 18.6. The first-order valence-electron chi connectivity index (χ1n) is 9.50. The molecule has 142 valence electrons. The highest BCUT2D eigenvalue weighted by Gasteiger charge is 2.27. The lowest BCUT2D eigenvalue weighted by Crippen LogP contribution is -2.29. The molecule has 1 saturated heterocycles. The van der Waals surface area contributed by atoms with Crippen molar-refractivity contribution in [1.82, 2.24) is 24.9 Å². The van der Waals surface area contributed by atoms with Crippen LogP contribution in [0.3, 0.4) is 0 Å². The molecule has 1 atom stereocenters. The maximum Gasteiger partial charge on any atom is 0.224 e. The topological polar surface area (TPSA) is 77.0 Å². The molecule has 0 spiro atoms. The predicted molar refractivity (Wildman–Crippen MR) is 97.5 cm³/mol. The van der Waals surface area contributed by atoms with Gasteiger partial charge in [-0.1, -0.05) is 13.8 Å². The Kier molecular flexibility index (Phi) is 5.74. The number of hydrogen-bond acceptors (Lipinski definition) is 5. The highest BCUT2D eigenvalue weighted by molar-refractivity contribution is 5.76. The molecule has 1 unspecified atom stereocenters. The van der Waals surface area contributed by atoms with Crippen LogP contribution in [0.5, 0.6) is 0 Å². The van der Waals surface area contributed by atoms with Gasteiger partial charge in [0.25, 0.3) is 0 Å². The molecule has 26 heavy (non-hydrogen) atoms. The van der Waals surface area contributed by atoms with Gasteiger partial charge in [-0.3, -0.25) is 9.48 Å². The Bertz CT molecular complexity index is 749. The number of rotatable bonds is 7. The zero-order chi connectivity index (χ0) is 18.7. The van der Waals surface area contributed by atoms with Crippen LogP contribution in [0, 0.1) is 25.7 Å². The number of aromatic nitrogens is 4. The fourth-order valence-corrected chi connectivity index (χ4v) is 3.54. The van der Waals surface area contributed by atoms with Gasteiger partial charge in [-0.2, -0.15) is 5.10 Å². The Morgan fingerprint density at radius 2 is 2.08 bits per heavy atom. The summed E-state index contributed by atoms with van der Waals surface area (Å²) in [5.41, 5.74) is 2.09. The van der Waals surface area contributed by atoms with Crippen LogP contribution < -0.4 is 0 Å². The quantitative estimate of drug-likeness (QED) is 0.759. The molecule has 0 aromatic carbocycles. The van der Waals surface area contributed by atoms with Crippen LogP contribution in [0.25, 0.3) is 0 Å². The lowest BCUT2D eigenvalue weighted by atomic mass is 10.1. The van der Waals surface area contributed by atoms with E-state index in [2.05, 4.69) is 29.1 Å². The van der Waals surface area contributed by atoms with E-state index in [0.717, 1.165) is 43.7 Å². The minimum atomic E-state index is 0.200. The number of carbonyl (C=O) groups is 1. The third kappa shape index (κ3) is 4.71. The van der Waals surface area contributed by atoms with E-state index in [0.29, 0.717) is 36.6 Å². The number of hydrogen-bond donors (Lipinski definition) is 0. The van der Waals surface area contributed by atoms with Gasteiger partial charge in [0.1, 0.15) is 0 Å². The number of carbonyl (C=O) groups excluding carboxylic acids is 1. The summed E-state index contributed by atoms with van der Waals surface area (Å²) in [5.74, 6) is 2.52. The summed E-state index contributed by atoms with van der Waals surface area (Å²) in [7, 11) is 0. The van der Waals surface area contributed by atoms with Gasteiger partial charge in [0.15, 0.2) is 0 Å². The van der Waals surface area contributed by atoms with Crippen molar-refractivity contribution >= 4 is 5.91 Å². The Hall–Kier alpha value is -2.18. The monoisotopic (exact) mass is 359 g/mol. The molecule has 1 aliphatic heterocycles. The van der Waals surface area contributed by atoms with E-state index in [9.17, 15) is 4.79 Å². The zero-order valence-electron chi connectivity index (χ0n) is 16.2. The van der Waals surface area contributed by atoms with Crippen molar-refractivity contribution in [1.29, 1.82) is 0 Å². The highest BCUT2D eigenvalue weighted by atomic mass is 16.4. The standard InChI is InChI=1S/C19H29N5O2/c1-13(2)9-17-20-21-18(26-17)11-16-5-7-23(12-16)19(25)6-8-24-15(4)10-14(3)22-24/h10,13,16H,5-9,11-12H2,1-4H3. The number of nitrogens with zero attached hydrogens (tertiary/aromatic N) is 5. The SMILES string of the molecule is Cc1cc(C)n(CCC(=O)N2CCC(Cc3nnc(CC(C)C)o3)C2)n1. The van der Waals surface area contributed by atoms with Crippen molar-refractivity contribution in [2.45, 2.75) is 59.9 Å². The van der Waals surface area contributed by atoms with Crippen molar-refractivity contribution in [3.8, 4) is 0 Å². The van der Waals surface area contributed by atoms with Crippen LogP contribution in [0.2, 0.25) is 0 Å². The molecule has 1 amide bonds. The first-order chi connectivity index (χ1) is 12.4. The molecule has 1 aliphatic rings. The molecule has 2 aromatic heterocycles. The van der Waals surface area contributed by atoms with E-state index in [1.165, 1.54) is 0 Å². The Morgan fingerprint density at radius 1 is 1.31 bits per heavy atom. The van der Waals surface area contributed by atoms with Crippen LogP contribution in [0.4, 0.5) is 0 Å². The van der Waals surface area contributed by atoms with E-state index >= 15 is 0 Å². The molecule has 0 saturated carbocycles. The fourth-order valence-electron chi connectivity index (χ4n) is 3.54. The molecule has 0 radical (unpaired) electrons. The zero-order valence-corrected chi connectivity index (χ0v) is 16.2. The summed E-state index contributed by atoms with van der Waals surface area (Å²) in [6, 6.07) is 2.04. The van der Waals surface area contributed by atoms with Gasteiger partial charge < -0.3 is 9.32 Å². The van der Waals surface area contributed by atoms with Gasteiger partial charge in [0, 0.05) is 44.6 Å². The lowest BCUT2D eigenvalue weighted by Gasteiger charge is -2.16. The third-order valence-electron chi connectivity index (χ3n) is 4.83. The van der Waals surface area contributed by atoms with Crippen LogP contribution >= 0.6 is 0 Å². The summed E-state index contributed by atoms with van der Waals surface area (Å²) in [6.45, 7) is 10.5. The van der Waals surface area contributed by atoms with Crippen LogP contribution in [-0.4, -0.2) is 43.9 Å². The maximum atomic E-state index is 12.5. The van der Waals surface area contributed by atoms with Crippen LogP contribution in [-0.2, 0) is 24.2 Å². The van der Waals surface area contributed by atoms with Gasteiger partial charge in [-0.15, -0.1) is 10.2 Å². The van der Waals surface area contributed by atoms with Gasteiger partial charge >= 0.3 is 0 Å². The molecular weight excluding hydrogens is 330 g/mol. The summed E-state index contributed by atoms with van der Waals surface area (Å²) < 4.78 is 7.65. The molecule has 0 N–H and O–H groups in total. The maximum absolute atomic E-state index is 12.5. The summed E-state index contributed by atoms with van der Waals surface area (Å²) >= 11 is 0. The van der Waals surface area contributed by atoms with E-state index in [-0.39, 0.29) is 5.91 Å². The summed E-state index contributed by atoms with van der Waals surface area (Å²) in [5, 5.41) is 12.7. The van der Waals surface area contributed by atoms with Crippen LogP contribution in [0.15, 0.2) is 10.5 Å². The van der Waals surface area contributed by atoms with Gasteiger partial charge in [-0.25, -0.2) is 0 Å². The average Bonchev–Trinajstić information content (AvgIpc) is 3.27. The Morgan fingerprint density at radius 3 is 2.77 bits per heavy atom. The van der Waals surface area contributed by atoms with Crippen molar-refractivity contribution in [2.24, 2.45) is 11.8 Å². The molecule has 3 heterocycles.